The lowest BCUT2D eigenvalue weighted by Gasteiger charge is -2.14. The van der Waals surface area contributed by atoms with Crippen molar-refractivity contribution in [2.24, 2.45) is 0 Å². The molecule has 0 aliphatic rings. The monoisotopic (exact) mass is 564 g/mol. The highest BCUT2D eigenvalue weighted by atomic mass is 32.1. The first-order chi connectivity index (χ1) is 19.9. The van der Waals surface area contributed by atoms with E-state index < -0.39 is 17.3 Å². The summed E-state index contributed by atoms with van der Waals surface area (Å²) in [5, 5.41) is 11.6. The van der Waals surface area contributed by atoms with Gasteiger partial charge in [0.15, 0.2) is 5.82 Å². The zero-order chi connectivity index (χ0) is 28.7. The van der Waals surface area contributed by atoms with Crippen molar-refractivity contribution in [3.63, 3.8) is 0 Å². The SMILES string of the molecule is CCCn1c(=O)n(Cc2cccs2)c(=O)c2cc(C(=O)c3nc(-c4cccc(C(=O)O)c4)c4ccccn34)ccc21. The third kappa shape index (κ3) is 4.57. The Hall–Kier alpha value is -5.09. The molecule has 0 saturated carbocycles. The van der Waals surface area contributed by atoms with Crippen LogP contribution < -0.4 is 11.2 Å². The molecule has 2 aromatic carbocycles. The van der Waals surface area contributed by atoms with Gasteiger partial charge in [0.05, 0.1) is 34.2 Å². The van der Waals surface area contributed by atoms with Gasteiger partial charge >= 0.3 is 11.7 Å². The number of thiophene rings is 1. The number of carboxylic acids is 1. The minimum atomic E-state index is -1.06. The van der Waals surface area contributed by atoms with Crippen molar-refractivity contribution in [2.45, 2.75) is 26.4 Å². The predicted octanol–water partition coefficient (Wildman–Crippen LogP) is 4.93. The molecule has 0 spiro atoms. The van der Waals surface area contributed by atoms with Crippen molar-refractivity contribution >= 4 is 39.5 Å². The quantitative estimate of drug-likeness (QED) is 0.262. The van der Waals surface area contributed by atoms with E-state index in [2.05, 4.69) is 4.98 Å². The number of nitrogens with zero attached hydrogens (tertiary/aromatic N) is 4. The van der Waals surface area contributed by atoms with Crippen molar-refractivity contribution in [3.05, 3.63) is 127 Å². The number of carboxylic acid groups (broad SMARTS) is 1. The average molecular weight is 565 g/mol. The standard InChI is InChI=1S/C31H24N4O5S/c1-2-13-34-24-12-11-20(17-23(24)29(37)35(31(34)40)18-22-9-6-15-41-22)27(36)28-32-26(25-10-3-4-14-33(25)28)19-7-5-8-21(16-19)30(38)39/h3-12,14-17H,2,13,18H2,1H3,(H,38,39). The summed E-state index contributed by atoms with van der Waals surface area (Å²) in [6.07, 6.45) is 2.41. The fourth-order valence-electron chi connectivity index (χ4n) is 5.04. The van der Waals surface area contributed by atoms with Crippen LogP contribution in [-0.2, 0) is 13.1 Å². The molecular weight excluding hydrogens is 540 g/mol. The number of aromatic carboxylic acids is 1. The summed E-state index contributed by atoms with van der Waals surface area (Å²) in [5.74, 6) is -1.35. The summed E-state index contributed by atoms with van der Waals surface area (Å²) >= 11 is 1.46. The predicted molar refractivity (Wildman–Crippen MR) is 157 cm³/mol. The van der Waals surface area contributed by atoms with E-state index >= 15 is 0 Å². The number of ketones is 1. The van der Waals surface area contributed by atoms with Crippen LogP contribution in [0.2, 0.25) is 0 Å². The van der Waals surface area contributed by atoms with Crippen LogP contribution in [0.1, 0.15) is 44.8 Å². The van der Waals surface area contributed by atoms with Crippen LogP contribution in [0.4, 0.5) is 0 Å². The molecule has 0 saturated heterocycles. The summed E-state index contributed by atoms with van der Waals surface area (Å²) in [7, 11) is 0. The molecule has 4 heterocycles. The molecule has 10 heteroatoms. The van der Waals surface area contributed by atoms with Gasteiger partial charge in [-0.15, -0.1) is 11.3 Å². The first kappa shape index (κ1) is 26.1. The summed E-state index contributed by atoms with van der Waals surface area (Å²) in [5.41, 5.74) is 1.65. The van der Waals surface area contributed by atoms with Gasteiger partial charge < -0.3 is 5.11 Å². The van der Waals surface area contributed by atoms with Gasteiger partial charge in [-0.1, -0.05) is 31.2 Å². The first-order valence-electron chi connectivity index (χ1n) is 13.0. The minimum absolute atomic E-state index is 0.110. The molecule has 0 aliphatic carbocycles. The number of aromatic nitrogens is 4. The van der Waals surface area contributed by atoms with E-state index in [9.17, 15) is 24.3 Å². The van der Waals surface area contributed by atoms with E-state index in [-0.39, 0.29) is 34.6 Å². The molecular formula is C31H24N4O5S. The minimum Gasteiger partial charge on any atom is -0.478 e. The normalized spacial score (nSPS) is 11.3. The lowest BCUT2D eigenvalue weighted by atomic mass is 10.1. The van der Waals surface area contributed by atoms with E-state index in [1.807, 2.05) is 30.5 Å². The second-order valence-electron chi connectivity index (χ2n) is 9.59. The molecule has 6 aromatic rings. The third-order valence-electron chi connectivity index (χ3n) is 6.96. The second-order valence-corrected chi connectivity index (χ2v) is 10.6. The molecule has 41 heavy (non-hydrogen) atoms. The number of carbonyl (C=O) groups is 2. The Morgan fingerprint density at radius 3 is 2.51 bits per heavy atom. The van der Waals surface area contributed by atoms with Crippen molar-refractivity contribution in [1.29, 1.82) is 0 Å². The Labute approximate surface area is 237 Å². The van der Waals surface area contributed by atoms with Crippen LogP contribution in [0.5, 0.6) is 0 Å². The zero-order valence-electron chi connectivity index (χ0n) is 22.0. The van der Waals surface area contributed by atoms with Gasteiger partial charge in [-0.2, -0.15) is 0 Å². The van der Waals surface area contributed by atoms with E-state index in [1.165, 1.54) is 34.1 Å². The molecule has 0 amide bonds. The summed E-state index contributed by atoms with van der Waals surface area (Å²) in [6, 6.07) is 20.3. The van der Waals surface area contributed by atoms with Crippen LogP contribution >= 0.6 is 11.3 Å². The number of fused-ring (bicyclic) bond motifs is 2. The maximum Gasteiger partial charge on any atom is 0.335 e. The smallest absolute Gasteiger partial charge is 0.335 e. The molecule has 0 aliphatic heterocycles. The number of rotatable bonds is 8. The van der Waals surface area contributed by atoms with Crippen molar-refractivity contribution in [2.75, 3.05) is 0 Å². The van der Waals surface area contributed by atoms with Crippen LogP contribution in [0, 0.1) is 0 Å². The number of pyridine rings is 1. The number of hydrogen-bond acceptors (Lipinski definition) is 6. The molecule has 1 N–H and O–H groups in total. The number of carbonyl (C=O) groups excluding carboxylic acids is 1. The molecule has 0 atom stereocenters. The molecule has 204 valence electrons. The largest absolute Gasteiger partial charge is 0.478 e. The Morgan fingerprint density at radius 2 is 1.76 bits per heavy atom. The van der Waals surface area contributed by atoms with E-state index in [1.54, 1.807) is 51.6 Å². The van der Waals surface area contributed by atoms with E-state index in [0.29, 0.717) is 35.3 Å². The van der Waals surface area contributed by atoms with Gasteiger partial charge in [0.1, 0.15) is 0 Å². The average Bonchev–Trinajstić information content (AvgIpc) is 3.65. The summed E-state index contributed by atoms with van der Waals surface area (Å²) in [6.45, 7) is 2.53. The van der Waals surface area contributed by atoms with Crippen LogP contribution in [0.25, 0.3) is 27.7 Å². The molecule has 0 bridgehead atoms. The van der Waals surface area contributed by atoms with Crippen molar-refractivity contribution in [1.82, 2.24) is 18.5 Å². The molecule has 0 radical (unpaired) electrons. The molecule has 4 aromatic heterocycles. The van der Waals surface area contributed by atoms with Gasteiger partial charge in [0.2, 0.25) is 5.78 Å². The summed E-state index contributed by atoms with van der Waals surface area (Å²) < 4.78 is 4.45. The topological polar surface area (TPSA) is 116 Å². The molecule has 0 fully saturated rings. The van der Waals surface area contributed by atoms with Gasteiger partial charge in [-0.25, -0.2) is 14.6 Å². The number of imidazole rings is 1. The summed E-state index contributed by atoms with van der Waals surface area (Å²) in [4.78, 5) is 57.9. The van der Waals surface area contributed by atoms with Gasteiger partial charge in [-0.05, 0) is 60.3 Å². The Bertz CT molecular complexity index is 2090. The molecule has 0 unspecified atom stereocenters. The van der Waals surface area contributed by atoms with Gasteiger partial charge in [0.25, 0.3) is 5.56 Å². The first-order valence-corrected chi connectivity index (χ1v) is 13.9. The molecule has 9 nitrogen and oxygen atoms in total. The number of benzene rings is 2. The third-order valence-corrected chi connectivity index (χ3v) is 7.82. The highest BCUT2D eigenvalue weighted by Crippen LogP contribution is 2.27. The van der Waals surface area contributed by atoms with Crippen LogP contribution in [0.3, 0.4) is 0 Å². The van der Waals surface area contributed by atoms with Crippen LogP contribution in [0.15, 0.2) is 94.0 Å². The second kappa shape index (κ2) is 10.5. The van der Waals surface area contributed by atoms with E-state index in [4.69, 9.17) is 0 Å². The lowest BCUT2D eigenvalue weighted by Crippen LogP contribution is -2.40. The van der Waals surface area contributed by atoms with Crippen molar-refractivity contribution in [3.8, 4) is 11.3 Å². The Morgan fingerprint density at radius 1 is 0.902 bits per heavy atom. The lowest BCUT2D eigenvalue weighted by molar-refractivity contribution is 0.0696. The highest BCUT2D eigenvalue weighted by Gasteiger charge is 2.22. The maximum absolute atomic E-state index is 13.9. The fraction of sp³-hybridized carbons (Fsp3) is 0.129. The Balaban J connectivity index is 1.51. The molecule has 6 rings (SSSR count). The maximum atomic E-state index is 13.9. The van der Waals surface area contributed by atoms with Gasteiger partial charge in [-0.3, -0.25) is 23.1 Å². The highest BCUT2D eigenvalue weighted by molar-refractivity contribution is 7.09. The van der Waals surface area contributed by atoms with Gasteiger partial charge in [0, 0.05) is 28.7 Å². The fourth-order valence-corrected chi connectivity index (χ4v) is 5.73. The zero-order valence-corrected chi connectivity index (χ0v) is 22.8. The van der Waals surface area contributed by atoms with Crippen molar-refractivity contribution < 1.29 is 14.7 Å². The Kier molecular flexibility index (Phi) is 6.68. The number of hydrogen-bond donors (Lipinski definition) is 1. The van der Waals surface area contributed by atoms with E-state index in [0.717, 1.165) is 4.88 Å². The van der Waals surface area contributed by atoms with Crippen LogP contribution in [-0.4, -0.2) is 35.4 Å². The number of aryl methyl sites for hydroxylation is 1.